The van der Waals surface area contributed by atoms with Crippen LogP contribution >= 0.6 is 0 Å². The maximum Gasteiger partial charge on any atom is 0.401 e. The van der Waals surface area contributed by atoms with Crippen molar-refractivity contribution in [3.05, 3.63) is 24.5 Å². The van der Waals surface area contributed by atoms with E-state index in [0.29, 0.717) is 67.6 Å². The summed E-state index contributed by atoms with van der Waals surface area (Å²) in [6.07, 6.45) is 1.54. The number of nitrogens with zero attached hydrogens (tertiary/aromatic N) is 7. The largest absolute Gasteiger partial charge is 0.461 e. The fraction of sp³-hybridized carbons (Fsp3) is 0.600. The average Bonchev–Trinajstić information content (AvgIpc) is 3.53. The van der Waals surface area contributed by atoms with Crippen molar-refractivity contribution in [2.75, 3.05) is 49.9 Å². The number of hydrogen-bond acceptors (Lipinski definition) is 8. The molecule has 0 spiro atoms. The molecule has 6 heterocycles. The fourth-order valence-electron chi connectivity index (χ4n) is 6.11. The molecule has 1 atom stereocenters. The van der Waals surface area contributed by atoms with Crippen LogP contribution in [-0.4, -0.2) is 86.8 Å². The molecule has 3 aliphatic rings. The predicted octanol–water partition coefficient (Wildman–Crippen LogP) is 3.06. The summed E-state index contributed by atoms with van der Waals surface area (Å²) in [5.74, 6) is 2.71. The van der Waals surface area contributed by atoms with Crippen LogP contribution in [0.25, 0.3) is 17.2 Å². The number of nitrogens with two attached hydrogens (primary N) is 1. The van der Waals surface area contributed by atoms with Crippen LogP contribution in [0, 0.1) is 11.8 Å². The Labute approximate surface area is 217 Å². The van der Waals surface area contributed by atoms with Crippen molar-refractivity contribution in [3.8, 4) is 11.6 Å². The SMILES string of the molecule is Nc1nc(N2CC[C@H]2C(=O)N2CCC(C3CCN(CC(F)(F)F)CC3)CC2)cc2nc(-c3ccco3)nn12. The van der Waals surface area contributed by atoms with Crippen molar-refractivity contribution in [3.63, 3.8) is 0 Å². The van der Waals surface area contributed by atoms with E-state index < -0.39 is 12.7 Å². The number of rotatable bonds is 5. The molecule has 3 aliphatic heterocycles. The van der Waals surface area contributed by atoms with Gasteiger partial charge in [-0.1, -0.05) is 0 Å². The molecule has 13 heteroatoms. The minimum atomic E-state index is -4.14. The number of aromatic nitrogens is 4. The van der Waals surface area contributed by atoms with Crippen molar-refractivity contribution in [1.29, 1.82) is 0 Å². The Kier molecular flexibility index (Phi) is 6.40. The van der Waals surface area contributed by atoms with E-state index in [0.717, 1.165) is 32.1 Å². The van der Waals surface area contributed by atoms with E-state index in [-0.39, 0.29) is 17.9 Å². The van der Waals surface area contributed by atoms with E-state index in [9.17, 15) is 18.0 Å². The Bertz CT molecular complexity index is 1280. The molecule has 204 valence electrons. The molecule has 3 aromatic heterocycles. The monoisotopic (exact) mass is 532 g/mol. The third-order valence-corrected chi connectivity index (χ3v) is 8.23. The van der Waals surface area contributed by atoms with Crippen LogP contribution in [-0.2, 0) is 4.79 Å². The molecule has 3 aromatic rings. The van der Waals surface area contributed by atoms with Gasteiger partial charge in [0.1, 0.15) is 11.9 Å². The van der Waals surface area contributed by atoms with Gasteiger partial charge in [-0.3, -0.25) is 9.69 Å². The van der Waals surface area contributed by atoms with Gasteiger partial charge in [-0.25, -0.2) is 4.98 Å². The summed E-state index contributed by atoms with van der Waals surface area (Å²) in [5, 5.41) is 4.37. The number of carbonyl (C=O) groups excluding carboxylic acids is 1. The number of anilines is 2. The van der Waals surface area contributed by atoms with E-state index in [1.807, 2.05) is 9.80 Å². The minimum Gasteiger partial charge on any atom is -0.461 e. The van der Waals surface area contributed by atoms with Gasteiger partial charge < -0.3 is 20.0 Å². The first kappa shape index (κ1) is 25.0. The number of furan rings is 1. The molecule has 0 bridgehead atoms. The standard InChI is InChI=1S/C25H31F3N8O2/c26-25(27,28)15-33-8-3-16(4-9-33)17-5-10-34(11-6-17)23(37)18-7-12-35(18)20-14-21-30-22(19-2-1-13-38-19)32-36(21)24(29)31-20/h1-2,13-14,16-18H,3-12,15H2,(H2,29,31)/t18-/m0/s1. The number of hydrogen-bond donors (Lipinski definition) is 1. The lowest BCUT2D eigenvalue weighted by molar-refractivity contribution is -0.149. The summed E-state index contributed by atoms with van der Waals surface area (Å²) in [4.78, 5) is 27.8. The molecule has 38 heavy (non-hydrogen) atoms. The predicted molar refractivity (Wildman–Crippen MR) is 133 cm³/mol. The zero-order valence-corrected chi connectivity index (χ0v) is 21.0. The third kappa shape index (κ3) is 4.91. The molecule has 6 rings (SSSR count). The first-order chi connectivity index (χ1) is 18.2. The molecular weight excluding hydrogens is 501 g/mol. The Morgan fingerprint density at radius 2 is 1.74 bits per heavy atom. The summed E-state index contributed by atoms with van der Waals surface area (Å²) in [6.45, 7) is 2.24. The quantitative estimate of drug-likeness (QED) is 0.534. The Balaban J connectivity index is 1.05. The van der Waals surface area contributed by atoms with Gasteiger partial charge in [-0.2, -0.15) is 22.7 Å². The molecule has 3 saturated heterocycles. The van der Waals surface area contributed by atoms with Gasteiger partial charge >= 0.3 is 6.18 Å². The lowest BCUT2D eigenvalue weighted by Crippen LogP contribution is -2.58. The van der Waals surface area contributed by atoms with E-state index in [1.54, 1.807) is 24.5 Å². The first-order valence-corrected chi connectivity index (χ1v) is 13.2. The third-order valence-electron chi connectivity index (χ3n) is 8.23. The fourth-order valence-corrected chi connectivity index (χ4v) is 6.11. The normalized spacial score (nSPS) is 22.2. The Hall–Kier alpha value is -3.35. The number of alkyl halides is 3. The van der Waals surface area contributed by atoms with Crippen LogP contribution in [0.15, 0.2) is 28.9 Å². The molecular formula is C25H31F3N8O2. The minimum absolute atomic E-state index is 0.0904. The molecule has 0 aliphatic carbocycles. The average molecular weight is 533 g/mol. The molecule has 0 radical (unpaired) electrons. The first-order valence-electron chi connectivity index (χ1n) is 13.2. The van der Waals surface area contributed by atoms with Crippen molar-refractivity contribution in [2.24, 2.45) is 11.8 Å². The molecule has 0 unspecified atom stereocenters. The second kappa shape index (κ2) is 9.75. The van der Waals surface area contributed by atoms with Crippen LogP contribution in [0.2, 0.25) is 0 Å². The molecule has 0 aromatic carbocycles. The second-order valence-corrected chi connectivity index (χ2v) is 10.5. The van der Waals surface area contributed by atoms with Gasteiger partial charge in [0.25, 0.3) is 0 Å². The molecule has 3 fully saturated rings. The maximum absolute atomic E-state index is 13.4. The van der Waals surface area contributed by atoms with Crippen molar-refractivity contribution in [2.45, 2.75) is 44.3 Å². The highest BCUT2D eigenvalue weighted by atomic mass is 19.4. The molecule has 0 saturated carbocycles. The zero-order chi connectivity index (χ0) is 26.4. The molecule has 1 amide bonds. The van der Waals surface area contributed by atoms with Gasteiger partial charge in [0.05, 0.1) is 12.8 Å². The van der Waals surface area contributed by atoms with Crippen LogP contribution in [0.5, 0.6) is 0 Å². The molecule has 2 N–H and O–H groups in total. The number of fused-ring (bicyclic) bond motifs is 1. The van der Waals surface area contributed by atoms with E-state index >= 15 is 0 Å². The van der Waals surface area contributed by atoms with Gasteiger partial charge in [0.2, 0.25) is 17.7 Å². The summed E-state index contributed by atoms with van der Waals surface area (Å²) < 4.78 is 44.9. The zero-order valence-electron chi connectivity index (χ0n) is 21.0. The highest BCUT2D eigenvalue weighted by Crippen LogP contribution is 2.35. The summed E-state index contributed by atoms with van der Waals surface area (Å²) in [7, 11) is 0. The van der Waals surface area contributed by atoms with Gasteiger partial charge in [0.15, 0.2) is 11.4 Å². The summed E-state index contributed by atoms with van der Waals surface area (Å²) in [6, 6.07) is 5.02. The van der Waals surface area contributed by atoms with Crippen LogP contribution < -0.4 is 10.6 Å². The highest BCUT2D eigenvalue weighted by Gasteiger charge is 2.40. The maximum atomic E-state index is 13.4. The van der Waals surface area contributed by atoms with Crippen LogP contribution in [0.4, 0.5) is 24.9 Å². The van der Waals surface area contributed by atoms with Crippen LogP contribution in [0.3, 0.4) is 0 Å². The number of nitrogen functional groups attached to an aromatic ring is 1. The highest BCUT2D eigenvalue weighted by molar-refractivity contribution is 5.87. The number of likely N-dealkylation sites (tertiary alicyclic amines) is 2. The van der Waals surface area contributed by atoms with Crippen molar-refractivity contribution < 1.29 is 22.4 Å². The van der Waals surface area contributed by atoms with Gasteiger partial charge in [-0.05, 0) is 69.2 Å². The number of amides is 1. The Morgan fingerprint density at radius 1 is 1.03 bits per heavy atom. The smallest absolute Gasteiger partial charge is 0.401 e. The topological polar surface area (TPSA) is 109 Å². The summed E-state index contributed by atoms with van der Waals surface area (Å²) >= 11 is 0. The lowest BCUT2D eigenvalue weighted by atomic mass is 9.78. The van der Waals surface area contributed by atoms with E-state index in [4.69, 9.17) is 10.2 Å². The second-order valence-electron chi connectivity index (χ2n) is 10.5. The van der Waals surface area contributed by atoms with Crippen molar-refractivity contribution in [1.82, 2.24) is 29.4 Å². The molecule has 10 nitrogen and oxygen atoms in total. The lowest BCUT2D eigenvalue weighted by Gasteiger charge is -2.45. The van der Waals surface area contributed by atoms with Gasteiger partial charge in [0, 0.05) is 25.7 Å². The van der Waals surface area contributed by atoms with E-state index in [2.05, 4.69) is 15.1 Å². The van der Waals surface area contributed by atoms with Crippen molar-refractivity contribution >= 4 is 23.3 Å². The summed E-state index contributed by atoms with van der Waals surface area (Å²) in [5.41, 5.74) is 6.69. The number of carbonyl (C=O) groups is 1. The van der Waals surface area contributed by atoms with E-state index in [1.165, 1.54) is 9.42 Å². The number of piperidine rings is 2. The Morgan fingerprint density at radius 3 is 2.34 bits per heavy atom. The van der Waals surface area contributed by atoms with Crippen LogP contribution in [0.1, 0.15) is 32.1 Å². The van der Waals surface area contributed by atoms with Gasteiger partial charge in [-0.15, -0.1) is 5.10 Å². The number of halogens is 3.